The summed E-state index contributed by atoms with van der Waals surface area (Å²) in [4.78, 5) is 0. The molecule has 0 aromatic heterocycles. The highest BCUT2D eigenvalue weighted by molar-refractivity contribution is 5.34. The molecule has 1 saturated carbocycles. The Morgan fingerprint density at radius 3 is 2.53 bits per heavy atom. The molecule has 17 heavy (non-hydrogen) atoms. The van der Waals surface area contributed by atoms with E-state index in [1.165, 1.54) is 12.5 Å². The van der Waals surface area contributed by atoms with Crippen molar-refractivity contribution in [1.29, 1.82) is 0 Å². The second-order valence-electron chi connectivity index (χ2n) is 5.13. The zero-order chi connectivity index (χ0) is 12.5. The molecule has 0 amide bonds. The molecule has 1 aliphatic carbocycles. The van der Waals surface area contributed by atoms with Crippen LogP contribution in [-0.2, 0) is 11.3 Å². The Hall–Kier alpha value is -0.960. The van der Waals surface area contributed by atoms with E-state index in [9.17, 15) is 8.78 Å². The molecule has 0 spiro atoms. The van der Waals surface area contributed by atoms with E-state index in [2.05, 4.69) is 5.32 Å². The van der Waals surface area contributed by atoms with E-state index in [-0.39, 0.29) is 11.0 Å². The van der Waals surface area contributed by atoms with E-state index in [0.717, 1.165) is 31.9 Å². The maximum atomic E-state index is 13.3. The molecule has 0 atom stereocenters. The van der Waals surface area contributed by atoms with Crippen molar-refractivity contribution in [2.24, 2.45) is 0 Å². The first-order valence-electron chi connectivity index (χ1n) is 6.11. The molecule has 3 heteroatoms. The quantitative estimate of drug-likeness (QED) is 0.848. The van der Waals surface area contributed by atoms with Crippen molar-refractivity contribution >= 4 is 0 Å². The van der Waals surface area contributed by atoms with Gasteiger partial charge in [-0.05, 0) is 31.5 Å². The highest BCUT2D eigenvalue weighted by atomic mass is 19.3. The van der Waals surface area contributed by atoms with Crippen molar-refractivity contribution in [3.8, 4) is 0 Å². The van der Waals surface area contributed by atoms with Gasteiger partial charge in [-0.25, -0.2) is 8.78 Å². The van der Waals surface area contributed by atoms with Gasteiger partial charge in [0.15, 0.2) is 0 Å². The molecule has 2 rings (SSSR count). The van der Waals surface area contributed by atoms with Gasteiger partial charge in [0.25, 0.3) is 5.92 Å². The summed E-state index contributed by atoms with van der Waals surface area (Å²) in [5.74, 6) is -2.75. The van der Waals surface area contributed by atoms with Crippen LogP contribution in [0.4, 0.5) is 8.78 Å². The lowest BCUT2D eigenvalue weighted by atomic mass is 9.64. The zero-order valence-corrected chi connectivity index (χ0v) is 10.4. The standard InChI is InChI=1S/C14H19F2N/c1-13(15,16)11-5-3-6-12(9-11)14(10-17-2)7-4-8-14/h3,5-6,9,17H,4,7-8,10H2,1-2H3. The molecule has 1 fully saturated rings. The lowest BCUT2D eigenvalue weighted by molar-refractivity contribution is 0.0172. The Labute approximate surface area is 101 Å². The predicted octanol–water partition coefficient (Wildman–Crippen LogP) is 3.44. The minimum atomic E-state index is -2.75. The molecular formula is C14H19F2N. The third-order valence-electron chi connectivity index (χ3n) is 3.81. The number of rotatable bonds is 4. The first-order valence-corrected chi connectivity index (χ1v) is 6.11. The minimum absolute atomic E-state index is 0.0794. The van der Waals surface area contributed by atoms with Crippen molar-refractivity contribution in [2.45, 2.75) is 37.5 Å². The fourth-order valence-electron chi connectivity index (χ4n) is 2.63. The lowest BCUT2D eigenvalue weighted by Crippen LogP contribution is -2.42. The van der Waals surface area contributed by atoms with Crippen LogP contribution in [0.1, 0.15) is 37.3 Å². The normalized spacial score (nSPS) is 18.8. The van der Waals surface area contributed by atoms with Crippen LogP contribution in [0, 0.1) is 0 Å². The molecule has 94 valence electrons. The molecule has 0 unspecified atom stereocenters. The Morgan fingerprint density at radius 2 is 2.06 bits per heavy atom. The van der Waals surface area contributed by atoms with Crippen molar-refractivity contribution in [3.05, 3.63) is 35.4 Å². The van der Waals surface area contributed by atoms with Gasteiger partial charge >= 0.3 is 0 Å². The first kappa shape index (κ1) is 12.5. The maximum absolute atomic E-state index is 13.3. The summed E-state index contributed by atoms with van der Waals surface area (Å²) >= 11 is 0. The number of benzene rings is 1. The Bertz CT molecular complexity index is 391. The summed E-state index contributed by atoms with van der Waals surface area (Å²) < 4.78 is 26.6. The predicted molar refractivity (Wildman–Crippen MR) is 65.5 cm³/mol. The zero-order valence-electron chi connectivity index (χ0n) is 10.4. The monoisotopic (exact) mass is 239 g/mol. The molecule has 0 heterocycles. The van der Waals surface area contributed by atoms with Gasteiger partial charge in [0.1, 0.15) is 0 Å². The number of alkyl halides is 2. The largest absolute Gasteiger partial charge is 0.319 e. The van der Waals surface area contributed by atoms with Crippen LogP contribution in [0.25, 0.3) is 0 Å². The molecule has 1 nitrogen and oxygen atoms in total. The summed E-state index contributed by atoms with van der Waals surface area (Å²) in [6.45, 7) is 1.82. The molecule has 1 aliphatic rings. The molecule has 0 radical (unpaired) electrons. The first-order chi connectivity index (χ1) is 7.98. The van der Waals surface area contributed by atoms with Gasteiger partial charge in [0, 0.05) is 24.4 Å². The molecular weight excluding hydrogens is 220 g/mol. The molecule has 0 bridgehead atoms. The average Bonchev–Trinajstić information content (AvgIpc) is 2.22. The van der Waals surface area contributed by atoms with Crippen molar-refractivity contribution in [1.82, 2.24) is 5.32 Å². The van der Waals surface area contributed by atoms with Gasteiger partial charge in [-0.15, -0.1) is 0 Å². The van der Waals surface area contributed by atoms with Gasteiger partial charge in [-0.1, -0.05) is 24.6 Å². The van der Waals surface area contributed by atoms with E-state index in [1.807, 2.05) is 13.1 Å². The van der Waals surface area contributed by atoms with Gasteiger partial charge in [0.2, 0.25) is 0 Å². The third-order valence-corrected chi connectivity index (χ3v) is 3.81. The van der Waals surface area contributed by atoms with Gasteiger partial charge < -0.3 is 5.32 Å². The summed E-state index contributed by atoms with van der Waals surface area (Å²) in [7, 11) is 1.92. The summed E-state index contributed by atoms with van der Waals surface area (Å²) in [6.07, 6.45) is 3.37. The third kappa shape index (κ3) is 2.34. The number of hydrogen-bond donors (Lipinski definition) is 1. The van der Waals surface area contributed by atoms with Crippen LogP contribution in [0.3, 0.4) is 0 Å². The van der Waals surface area contributed by atoms with Crippen LogP contribution in [0.15, 0.2) is 24.3 Å². The smallest absolute Gasteiger partial charge is 0.270 e. The minimum Gasteiger partial charge on any atom is -0.319 e. The second kappa shape index (κ2) is 4.37. The molecule has 1 N–H and O–H groups in total. The van der Waals surface area contributed by atoms with Gasteiger partial charge in [0.05, 0.1) is 0 Å². The van der Waals surface area contributed by atoms with Gasteiger partial charge in [-0.3, -0.25) is 0 Å². The lowest BCUT2D eigenvalue weighted by Gasteiger charge is -2.42. The number of hydrogen-bond acceptors (Lipinski definition) is 1. The van der Waals surface area contributed by atoms with Crippen molar-refractivity contribution in [2.75, 3.05) is 13.6 Å². The van der Waals surface area contributed by atoms with E-state index in [4.69, 9.17) is 0 Å². The SMILES string of the molecule is CNCC1(c2cccc(C(C)(F)F)c2)CCC1. The number of halogens is 2. The van der Waals surface area contributed by atoms with Crippen LogP contribution >= 0.6 is 0 Å². The average molecular weight is 239 g/mol. The summed E-state index contributed by atoms with van der Waals surface area (Å²) in [6, 6.07) is 6.91. The number of likely N-dealkylation sites (N-methyl/N-ethyl adjacent to an activating group) is 1. The Balaban J connectivity index is 2.32. The summed E-state index contributed by atoms with van der Waals surface area (Å²) in [5.41, 5.74) is 1.25. The second-order valence-corrected chi connectivity index (χ2v) is 5.13. The number of nitrogens with one attached hydrogen (secondary N) is 1. The van der Waals surface area contributed by atoms with E-state index in [0.29, 0.717) is 0 Å². The van der Waals surface area contributed by atoms with Crippen molar-refractivity contribution < 1.29 is 8.78 Å². The van der Waals surface area contributed by atoms with E-state index >= 15 is 0 Å². The highest BCUT2D eigenvalue weighted by Gasteiger charge is 2.38. The fourth-order valence-corrected chi connectivity index (χ4v) is 2.63. The molecule has 0 saturated heterocycles. The van der Waals surface area contributed by atoms with Crippen LogP contribution in [-0.4, -0.2) is 13.6 Å². The fraction of sp³-hybridized carbons (Fsp3) is 0.571. The van der Waals surface area contributed by atoms with Crippen molar-refractivity contribution in [3.63, 3.8) is 0 Å². The molecule has 0 aliphatic heterocycles. The Kier molecular flexibility index (Phi) is 3.21. The van der Waals surface area contributed by atoms with E-state index in [1.54, 1.807) is 12.1 Å². The Morgan fingerprint density at radius 1 is 1.35 bits per heavy atom. The topological polar surface area (TPSA) is 12.0 Å². The summed E-state index contributed by atoms with van der Waals surface area (Å²) in [5, 5.41) is 3.18. The van der Waals surface area contributed by atoms with E-state index < -0.39 is 5.92 Å². The van der Waals surface area contributed by atoms with Crippen LogP contribution in [0.5, 0.6) is 0 Å². The maximum Gasteiger partial charge on any atom is 0.270 e. The van der Waals surface area contributed by atoms with Crippen LogP contribution in [0.2, 0.25) is 0 Å². The highest BCUT2D eigenvalue weighted by Crippen LogP contribution is 2.44. The van der Waals surface area contributed by atoms with Crippen LogP contribution < -0.4 is 5.32 Å². The molecule has 1 aromatic carbocycles. The van der Waals surface area contributed by atoms with Gasteiger partial charge in [-0.2, -0.15) is 0 Å². The molecule has 1 aromatic rings.